The summed E-state index contributed by atoms with van der Waals surface area (Å²) in [7, 11) is 6.66. The summed E-state index contributed by atoms with van der Waals surface area (Å²) in [4.78, 5) is 2.27. The van der Waals surface area contributed by atoms with Crippen molar-refractivity contribution in [2.45, 2.75) is 104 Å². The van der Waals surface area contributed by atoms with E-state index in [0.29, 0.717) is 8.58 Å². The Morgan fingerprint density at radius 3 is 2.06 bits per heavy atom. The van der Waals surface area contributed by atoms with E-state index in [1.165, 1.54) is 46.0 Å². The Labute approximate surface area is 224 Å². The second-order valence-electron chi connectivity index (χ2n) is 12.9. The Kier molecular flexibility index (Phi) is 10.6. The van der Waals surface area contributed by atoms with Crippen LogP contribution in [-0.2, 0) is 27.3 Å². The summed E-state index contributed by atoms with van der Waals surface area (Å²) in [5, 5.41) is 1.42. The molecule has 0 aliphatic carbocycles. The first-order valence-electron chi connectivity index (χ1n) is 13.5. The standard InChI is InChI=1S/C32H52NO2P/c1-13-14-17-32(9,36-28-16-15-23(2)18-24(28)21-33(10)11)27-20-25(30(3,4)5)19-26(31(6,7)8)29(27)35-22-34-12/h15-16,18-20,36H,13-14,17,21-22H2,1-12H3. The van der Waals surface area contributed by atoms with Crippen molar-refractivity contribution in [3.8, 4) is 5.75 Å². The molecule has 2 atom stereocenters. The zero-order valence-electron chi connectivity index (χ0n) is 25.2. The normalized spacial score (nSPS) is 14.6. The van der Waals surface area contributed by atoms with Crippen LogP contribution in [0, 0.1) is 6.92 Å². The Morgan fingerprint density at radius 1 is 0.889 bits per heavy atom. The number of ether oxygens (including phenoxy) is 2. The molecule has 0 amide bonds. The fourth-order valence-corrected chi connectivity index (χ4v) is 6.41. The highest BCUT2D eigenvalue weighted by Gasteiger charge is 2.35. The number of unbranched alkanes of at least 4 members (excludes halogenated alkanes) is 1. The molecule has 2 aromatic rings. The summed E-state index contributed by atoms with van der Waals surface area (Å²) in [6, 6.07) is 11.8. The van der Waals surface area contributed by atoms with Crippen LogP contribution >= 0.6 is 8.58 Å². The highest BCUT2D eigenvalue weighted by Crippen LogP contribution is 2.52. The van der Waals surface area contributed by atoms with Gasteiger partial charge in [0.1, 0.15) is 5.75 Å². The Bertz CT molecular complexity index is 1000. The molecule has 0 saturated heterocycles. The van der Waals surface area contributed by atoms with E-state index >= 15 is 0 Å². The number of hydrogen-bond acceptors (Lipinski definition) is 3. The van der Waals surface area contributed by atoms with Crippen LogP contribution in [0.4, 0.5) is 0 Å². The van der Waals surface area contributed by atoms with Gasteiger partial charge in [0.05, 0.1) is 0 Å². The smallest absolute Gasteiger partial charge is 0.188 e. The first-order valence-corrected chi connectivity index (χ1v) is 14.5. The van der Waals surface area contributed by atoms with Crippen LogP contribution in [0.25, 0.3) is 0 Å². The van der Waals surface area contributed by atoms with Gasteiger partial charge in [0.2, 0.25) is 0 Å². The minimum Gasteiger partial charge on any atom is -0.467 e. The van der Waals surface area contributed by atoms with Crippen LogP contribution in [0.1, 0.15) is 102 Å². The number of rotatable bonds is 11. The van der Waals surface area contributed by atoms with Gasteiger partial charge in [0, 0.05) is 29.9 Å². The third-order valence-electron chi connectivity index (χ3n) is 6.87. The summed E-state index contributed by atoms with van der Waals surface area (Å²) in [5.41, 5.74) is 6.73. The molecule has 2 rings (SSSR count). The third-order valence-corrected chi connectivity index (χ3v) is 8.69. The van der Waals surface area contributed by atoms with Gasteiger partial charge in [-0.15, -0.1) is 0 Å². The molecule has 0 N–H and O–H groups in total. The minimum absolute atomic E-state index is 0.0449. The van der Waals surface area contributed by atoms with E-state index in [9.17, 15) is 0 Å². The quantitative estimate of drug-likeness (QED) is 0.224. The molecular weight excluding hydrogens is 461 g/mol. The summed E-state index contributed by atoms with van der Waals surface area (Å²) in [5.74, 6) is 1.02. The fraction of sp³-hybridized carbons (Fsp3) is 0.625. The van der Waals surface area contributed by atoms with Crippen molar-refractivity contribution >= 4 is 13.9 Å². The largest absolute Gasteiger partial charge is 0.467 e. The molecule has 0 bridgehead atoms. The van der Waals surface area contributed by atoms with Crippen molar-refractivity contribution in [2.75, 3.05) is 28.0 Å². The van der Waals surface area contributed by atoms with Gasteiger partial charge in [-0.1, -0.05) is 113 Å². The van der Waals surface area contributed by atoms with E-state index in [4.69, 9.17) is 9.47 Å². The van der Waals surface area contributed by atoms with Crippen molar-refractivity contribution in [1.29, 1.82) is 0 Å². The van der Waals surface area contributed by atoms with Gasteiger partial charge in [-0.3, -0.25) is 0 Å². The third kappa shape index (κ3) is 8.04. The first-order chi connectivity index (χ1) is 16.6. The van der Waals surface area contributed by atoms with Gasteiger partial charge in [-0.05, 0) is 54.7 Å². The second-order valence-corrected chi connectivity index (χ2v) is 14.8. The van der Waals surface area contributed by atoms with Crippen LogP contribution in [0.15, 0.2) is 30.3 Å². The molecule has 4 heteroatoms. The molecule has 0 aliphatic rings. The number of nitrogens with zero attached hydrogens (tertiary/aromatic N) is 1. The zero-order valence-corrected chi connectivity index (χ0v) is 26.2. The molecule has 2 unspecified atom stereocenters. The maximum atomic E-state index is 6.46. The minimum atomic E-state index is -0.0478. The molecule has 0 spiro atoms. The predicted molar refractivity (Wildman–Crippen MR) is 160 cm³/mol. The van der Waals surface area contributed by atoms with Crippen LogP contribution in [0.2, 0.25) is 0 Å². The van der Waals surface area contributed by atoms with E-state index in [1.54, 1.807) is 7.11 Å². The molecular formula is C32H52NO2P. The first kappa shape index (κ1) is 30.8. The summed E-state index contributed by atoms with van der Waals surface area (Å²) in [6.45, 7) is 22.0. The SMILES string of the molecule is CCCCC(C)(Pc1ccc(C)cc1CN(C)C)c1cc(C(C)(C)C)cc(C(C)(C)C)c1OCOC. The molecule has 0 radical (unpaired) electrons. The van der Waals surface area contributed by atoms with E-state index < -0.39 is 0 Å². The van der Waals surface area contributed by atoms with Gasteiger partial charge in [0.25, 0.3) is 0 Å². The monoisotopic (exact) mass is 513 g/mol. The van der Waals surface area contributed by atoms with Crippen molar-refractivity contribution < 1.29 is 9.47 Å². The van der Waals surface area contributed by atoms with E-state index in [1.807, 2.05) is 0 Å². The van der Waals surface area contributed by atoms with Gasteiger partial charge >= 0.3 is 0 Å². The predicted octanol–water partition coefficient (Wildman–Crippen LogP) is 8.04. The lowest BCUT2D eigenvalue weighted by Gasteiger charge is -2.37. The average Bonchev–Trinajstić information content (AvgIpc) is 2.76. The lowest BCUT2D eigenvalue weighted by molar-refractivity contribution is 0.0486. The zero-order chi connectivity index (χ0) is 27.3. The van der Waals surface area contributed by atoms with Crippen LogP contribution in [0.3, 0.4) is 0 Å². The maximum absolute atomic E-state index is 6.46. The highest BCUT2D eigenvalue weighted by molar-refractivity contribution is 7.48. The number of aryl methyl sites for hydroxylation is 1. The maximum Gasteiger partial charge on any atom is 0.188 e. The van der Waals surface area contributed by atoms with Crippen molar-refractivity contribution in [2.24, 2.45) is 0 Å². The molecule has 0 heterocycles. The van der Waals surface area contributed by atoms with Gasteiger partial charge in [-0.2, -0.15) is 0 Å². The Morgan fingerprint density at radius 2 is 1.53 bits per heavy atom. The van der Waals surface area contributed by atoms with Crippen LogP contribution in [0.5, 0.6) is 5.75 Å². The van der Waals surface area contributed by atoms with Gasteiger partial charge in [0.15, 0.2) is 6.79 Å². The molecule has 36 heavy (non-hydrogen) atoms. The number of benzene rings is 2. The van der Waals surface area contributed by atoms with E-state index in [0.717, 1.165) is 18.7 Å². The molecule has 0 aromatic heterocycles. The topological polar surface area (TPSA) is 21.7 Å². The van der Waals surface area contributed by atoms with Crippen LogP contribution in [-0.4, -0.2) is 32.9 Å². The highest BCUT2D eigenvalue weighted by atomic mass is 31.1. The molecule has 0 saturated carbocycles. The van der Waals surface area contributed by atoms with Crippen molar-refractivity contribution in [1.82, 2.24) is 4.90 Å². The van der Waals surface area contributed by atoms with Crippen LogP contribution < -0.4 is 10.0 Å². The van der Waals surface area contributed by atoms with Gasteiger partial charge in [-0.25, -0.2) is 0 Å². The number of methoxy groups -OCH3 is 1. The molecule has 0 fully saturated rings. The molecule has 2 aromatic carbocycles. The van der Waals surface area contributed by atoms with E-state index in [-0.39, 0.29) is 22.8 Å². The lowest BCUT2D eigenvalue weighted by Crippen LogP contribution is -2.27. The fourth-order valence-electron chi connectivity index (χ4n) is 4.71. The average molecular weight is 514 g/mol. The molecule has 202 valence electrons. The molecule has 3 nitrogen and oxygen atoms in total. The Balaban J connectivity index is 2.84. The lowest BCUT2D eigenvalue weighted by atomic mass is 9.76. The summed E-state index contributed by atoms with van der Waals surface area (Å²) < 4.78 is 11.9. The Hall–Kier alpha value is -1.41. The second kappa shape index (κ2) is 12.4. The van der Waals surface area contributed by atoms with E-state index in [2.05, 4.69) is 112 Å². The number of hydrogen-bond donors (Lipinski definition) is 0. The summed E-state index contributed by atoms with van der Waals surface area (Å²) >= 11 is 0. The van der Waals surface area contributed by atoms with Crippen molar-refractivity contribution in [3.63, 3.8) is 0 Å². The summed E-state index contributed by atoms with van der Waals surface area (Å²) in [6.07, 6.45) is 3.49. The van der Waals surface area contributed by atoms with Gasteiger partial charge < -0.3 is 14.4 Å². The molecule has 0 aliphatic heterocycles. The van der Waals surface area contributed by atoms with Crippen molar-refractivity contribution in [3.05, 3.63) is 58.1 Å².